The van der Waals surface area contributed by atoms with Gasteiger partial charge in [0.2, 0.25) is 0 Å². The molecular formula is C14H16ClF2N. The minimum absolute atomic E-state index is 0.0945. The van der Waals surface area contributed by atoms with Gasteiger partial charge in [-0.15, -0.1) is 0 Å². The van der Waals surface area contributed by atoms with E-state index in [1.807, 2.05) is 0 Å². The maximum Gasteiger partial charge on any atom is 0.142 e. The van der Waals surface area contributed by atoms with Crippen LogP contribution in [-0.2, 0) is 6.42 Å². The normalized spacial score (nSPS) is 34.8. The summed E-state index contributed by atoms with van der Waals surface area (Å²) in [6, 6.07) is 5.17. The Morgan fingerprint density at radius 3 is 2.56 bits per heavy atom. The van der Waals surface area contributed by atoms with E-state index < -0.39 is 11.5 Å². The lowest BCUT2D eigenvalue weighted by atomic mass is 9.84. The number of halogens is 3. The van der Waals surface area contributed by atoms with E-state index in [1.165, 1.54) is 12.1 Å². The molecule has 2 aliphatic rings. The molecule has 0 aliphatic carbocycles. The molecule has 0 radical (unpaired) electrons. The van der Waals surface area contributed by atoms with Gasteiger partial charge >= 0.3 is 0 Å². The van der Waals surface area contributed by atoms with Crippen molar-refractivity contribution in [2.24, 2.45) is 0 Å². The Kier molecular flexibility index (Phi) is 3.07. The molecule has 1 aromatic rings. The Hall–Kier alpha value is -0.670. The zero-order chi connectivity index (χ0) is 12.8. The van der Waals surface area contributed by atoms with Crippen molar-refractivity contribution in [3.8, 4) is 0 Å². The molecule has 0 saturated carbocycles. The van der Waals surface area contributed by atoms with Gasteiger partial charge in [0.1, 0.15) is 11.5 Å². The molecule has 18 heavy (non-hydrogen) atoms. The molecule has 0 aromatic heterocycles. The summed E-state index contributed by atoms with van der Waals surface area (Å²) in [4.78, 5) is 0. The molecular weight excluding hydrogens is 256 g/mol. The summed E-state index contributed by atoms with van der Waals surface area (Å²) >= 11 is 5.64. The second-order valence-electron chi connectivity index (χ2n) is 5.62. The lowest BCUT2D eigenvalue weighted by Crippen LogP contribution is -2.47. The van der Waals surface area contributed by atoms with Crippen molar-refractivity contribution < 1.29 is 8.78 Å². The highest BCUT2D eigenvalue weighted by Crippen LogP contribution is 2.39. The minimum atomic E-state index is -1.20. The van der Waals surface area contributed by atoms with Gasteiger partial charge in [0, 0.05) is 18.5 Å². The molecule has 2 bridgehead atoms. The Morgan fingerprint density at radius 1 is 1.28 bits per heavy atom. The fourth-order valence-corrected chi connectivity index (χ4v) is 3.47. The first-order valence-corrected chi connectivity index (χ1v) is 6.81. The summed E-state index contributed by atoms with van der Waals surface area (Å²) in [5, 5.41) is 3.51. The average molecular weight is 272 g/mol. The molecule has 3 rings (SSSR count). The molecule has 2 fully saturated rings. The quantitative estimate of drug-likeness (QED) is 0.866. The Labute approximate surface area is 111 Å². The molecule has 0 spiro atoms. The average Bonchev–Trinajstić information content (AvgIpc) is 2.64. The van der Waals surface area contributed by atoms with Crippen molar-refractivity contribution in [3.05, 3.63) is 34.6 Å². The summed E-state index contributed by atoms with van der Waals surface area (Å²) in [7, 11) is 0. The standard InChI is InChI=1S/C14H16ClF2N/c15-12-4-1-9(5-13(12)16)6-14(17)7-10-2-3-11(8-14)18-10/h1,4-5,10-11,18H,2-3,6-8H2. The van der Waals surface area contributed by atoms with Crippen molar-refractivity contribution in [2.75, 3.05) is 0 Å². The molecule has 1 aromatic carbocycles. The van der Waals surface area contributed by atoms with Crippen molar-refractivity contribution in [1.82, 2.24) is 5.32 Å². The molecule has 2 unspecified atom stereocenters. The number of alkyl halides is 1. The van der Waals surface area contributed by atoms with Gasteiger partial charge in [-0.05, 0) is 43.4 Å². The van der Waals surface area contributed by atoms with E-state index in [1.54, 1.807) is 6.07 Å². The second kappa shape index (κ2) is 4.46. The zero-order valence-electron chi connectivity index (χ0n) is 10.1. The first-order chi connectivity index (χ1) is 8.54. The minimum Gasteiger partial charge on any atom is -0.311 e. The second-order valence-corrected chi connectivity index (χ2v) is 6.03. The highest BCUT2D eigenvalue weighted by molar-refractivity contribution is 6.30. The van der Waals surface area contributed by atoms with E-state index in [-0.39, 0.29) is 11.4 Å². The van der Waals surface area contributed by atoms with Gasteiger partial charge < -0.3 is 5.32 Å². The van der Waals surface area contributed by atoms with Crippen LogP contribution in [0.25, 0.3) is 0 Å². The third-order valence-electron chi connectivity index (χ3n) is 4.06. The van der Waals surface area contributed by atoms with Crippen LogP contribution in [0.4, 0.5) is 8.78 Å². The number of rotatable bonds is 2. The lowest BCUT2D eigenvalue weighted by molar-refractivity contribution is 0.0893. The summed E-state index contributed by atoms with van der Waals surface area (Å²) < 4.78 is 28.2. The third-order valence-corrected chi connectivity index (χ3v) is 4.37. The Bertz CT molecular complexity index is 451. The summed E-state index contributed by atoms with van der Waals surface area (Å²) in [5.74, 6) is -0.463. The van der Waals surface area contributed by atoms with E-state index >= 15 is 0 Å². The first-order valence-electron chi connectivity index (χ1n) is 6.43. The third kappa shape index (κ3) is 2.39. The maximum atomic E-state index is 14.8. The number of hydrogen-bond acceptors (Lipinski definition) is 1. The van der Waals surface area contributed by atoms with Crippen LogP contribution in [0, 0.1) is 5.82 Å². The van der Waals surface area contributed by atoms with Crippen LogP contribution < -0.4 is 5.32 Å². The van der Waals surface area contributed by atoms with Gasteiger partial charge in [-0.3, -0.25) is 0 Å². The van der Waals surface area contributed by atoms with Crippen LogP contribution in [0.3, 0.4) is 0 Å². The Morgan fingerprint density at radius 2 is 1.94 bits per heavy atom. The maximum absolute atomic E-state index is 14.8. The first kappa shape index (κ1) is 12.4. The monoisotopic (exact) mass is 271 g/mol. The molecule has 1 N–H and O–H groups in total. The van der Waals surface area contributed by atoms with Gasteiger partial charge in [-0.25, -0.2) is 8.78 Å². The summed E-state index contributed by atoms with van der Waals surface area (Å²) in [5.41, 5.74) is -0.502. The van der Waals surface area contributed by atoms with Crippen LogP contribution in [0.1, 0.15) is 31.2 Å². The number of fused-ring (bicyclic) bond motifs is 2. The fourth-order valence-electron chi connectivity index (χ4n) is 3.35. The SMILES string of the molecule is Fc1cc(CC2(F)CC3CCC(C2)N3)ccc1Cl. The van der Waals surface area contributed by atoms with Crippen molar-refractivity contribution in [3.63, 3.8) is 0 Å². The number of nitrogens with one attached hydrogen (secondary N) is 1. The molecule has 2 atom stereocenters. The number of benzene rings is 1. The molecule has 2 saturated heterocycles. The van der Waals surface area contributed by atoms with E-state index in [2.05, 4.69) is 5.32 Å². The van der Waals surface area contributed by atoms with Gasteiger partial charge in [0.15, 0.2) is 0 Å². The van der Waals surface area contributed by atoms with Crippen molar-refractivity contribution in [2.45, 2.75) is 49.9 Å². The van der Waals surface area contributed by atoms with E-state index in [0.29, 0.717) is 30.5 Å². The molecule has 4 heteroatoms. The molecule has 2 heterocycles. The van der Waals surface area contributed by atoms with Gasteiger partial charge in [-0.2, -0.15) is 0 Å². The van der Waals surface area contributed by atoms with Crippen molar-refractivity contribution in [1.29, 1.82) is 0 Å². The van der Waals surface area contributed by atoms with Crippen LogP contribution >= 0.6 is 11.6 Å². The lowest BCUT2D eigenvalue weighted by Gasteiger charge is -2.35. The topological polar surface area (TPSA) is 12.0 Å². The molecule has 2 aliphatic heterocycles. The summed E-state index contributed by atoms with van der Waals surface area (Å²) in [6.07, 6.45) is 3.48. The van der Waals surface area contributed by atoms with Gasteiger partial charge in [0.25, 0.3) is 0 Å². The van der Waals surface area contributed by atoms with Crippen LogP contribution in [0.15, 0.2) is 18.2 Å². The predicted octanol–water partition coefficient (Wildman–Crippen LogP) is 3.64. The number of hydrogen-bond donors (Lipinski definition) is 1. The van der Waals surface area contributed by atoms with E-state index in [4.69, 9.17) is 11.6 Å². The molecule has 98 valence electrons. The van der Waals surface area contributed by atoms with E-state index in [9.17, 15) is 8.78 Å². The van der Waals surface area contributed by atoms with Crippen molar-refractivity contribution >= 4 is 11.6 Å². The predicted molar refractivity (Wildman–Crippen MR) is 68.1 cm³/mol. The van der Waals surface area contributed by atoms with Gasteiger partial charge in [-0.1, -0.05) is 17.7 Å². The van der Waals surface area contributed by atoms with E-state index in [0.717, 1.165) is 12.8 Å². The van der Waals surface area contributed by atoms with Crippen LogP contribution in [0.2, 0.25) is 5.02 Å². The highest BCUT2D eigenvalue weighted by atomic mass is 35.5. The number of piperidine rings is 1. The smallest absolute Gasteiger partial charge is 0.142 e. The highest BCUT2D eigenvalue weighted by Gasteiger charge is 2.43. The fraction of sp³-hybridized carbons (Fsp3) is 0.571. The van der Waals surface area contributed by atoms with Gasteiger partial charge in [0.05, 0.1) is 5.02 Å². The van der Waals surface area contributed by atoms with Crippen LogP contribution in [-0.4, -0.2) is 17.8 Å². The summed E-state index contributed by atoms with van der Waals surface area (Å²) in [6.45, 7) is 0. The Balaban J connectivity index is 1.77. The zero-order valence-corrected chi connectivity index (χ0v) is 10.8. The molecule has 0 amide bonds. The van der Waals surface area contributed by atoms with Crippen LogP contribution in [0.5, 0.6) is 0 Å². The molecule has 1 nitrogen and oxygen atoms in total. The largest absolute Gasteiger partial charge is 0.311 e.